The number of rotatable bonds is 5. The van der Waals surface area contributed by atoms with E-state index in [1.54, 1.807) is 13.0 Å². The quantitative estimate of drug-likeness (QED) is 0.620. The lowest BCUT2D eigenvalue weighted by molar-refractivity contribution is -0.147. The molecule has 1 unspecified atom stereocenters. The van der Waals surface area contributed by atoms with Gasteiger partial charge in [-0.2, -0.15) is 0 Å². The van der Waals surface area contributed by atoms with Gasteiger partial charge < -0.3 is 9.84 Å². The maximum absolute atomic E-state index is 10.4. The van der Waals surface area contributed by atoms with Crippen molar-refractivity contribution >= 4 is 5.97 Å². The number of carbonyl (C=O) groups is 1. The lowest BCUT2D eigenvalue weighted by atomic mass is 10.2. The zero-order valence-corrected chi connectivity index (χ0v) is 6.91. The summed E-state index contributed by atoms with van der Waals surface area (Å²) in [7, 11) is 0. The second kappa shape index (κ2) is 5.77. The van der Waals surface area contributed by atoms with Gasteiger partial charge in [0.05, 0.1) is 6.26 Å². The van der Waals surface area contributed by atoms with Crippen molar-refractivity contribution < 1.29 is 14.6 Å². The first-order valence-electron chi connectivity index (χ1n) is 3.71. The maximum atomic E-state index is 10.4. The Bertz CT molecular complexity index is 140. The van der Waals surface area contributed by atoms with Crippen molar-refractivity contribution in [1.29, 1.82) is 0 Å². The van der Waals surface area contributed by atoms with Crippen LogP contribution in [0.4, 0.5) is 0 Å². The average molecular weight is 158 g/mol. The molecular formula is C8H14O3. The Morgan fingerprint density at radius 1 is 1.73 bits per heavy atom. The van der Waals surface area contributed by atoms with Crippen molar-refractivity contribution in [2.24, 2.45) is 0 Å². The van der Waals surface area contributed by atoms with E-state index >= 15 is 0 Å². The van der Waals surface area contributed by atoms with Gasteiger partial charge in [0.15, 0.2) is 6.10 Å². The van der Waals surface area contributed by atoms with Crippen LogP contribution in [0.15, 0.2) is 12.3 Å². The Labute approximate surface area is 66.7 Å². The van der Waals surface area contributed by atoms with E-state index < -0.39 is 12.1 Å². The molecule has 0 fully saturated rings. The molecule has 0 rings (SSSR count). The molecule has 1 atom stereocenters. The Morgan fingerprint density at radius 3 is 2.73 bits per heavy atom. The first-order valence-corrected chi connectivity index (χ1v) is 3.71. The van der Waals surface area contributed by atoms with Crippen LogP contribution in [0.3, 0.4) is 0 Å². The molecule has 0 bridgehead atoms. The van der Waals surface area contributed by atoms with Gasteiger partial charge in [0.25, 0.3) is 0 Å². The summed E-state index contributed by atoms with van der Waals surface area (Å²) < 4.78 is 4.91. The zero-order chi connectivity index (χ0) is 8.69. The number of hydrogen-bond acceptors (Lipinski definition) is 2. The van der Waals surface area contributed by atoms with Gasteiger partial charge >= 0.3 is 5.97 Å². The second-order valence-corrected chi connectivity index (χ2v) is 2.22. The molecule has 0 spiro atoms. The first kappa shape index (κ1) is 10.0. The van der Waals surface area contributed by atoms with E-state index in [0.717, 1.165) is 6.42 Å². The highest BCUT2D eigenvalue weighted by atomic mass is 16.5. The third kappa shape index (κ3) is 4.42. The highest BCUT2D eigenvalue weighted by molar-refractivity contribution is 5.72. The molecule has 0 aliphatic carbocycles. The molecule has 0 aliphatic rings. The molecule has 0 radical (unpaired) electrons. The van der Waals surface area contributed by atoms with Crippen LogP contribution in [0, 0.1) is 0 Å². The van der Waals surface area contributed by atoms with E-state index in [0.29, 0.717) is 6.42 Å². The fraction of sp³-hybridized carbons (Fsp3) is 0.625. The number of carboxylic acid groups (broad SMARTS) is 1. The Hall–Kier alpha value is -0.990. The predicted molar refractivity (Wildman–Crippen MR) is 42.2 cm³/mol. The number of hydrogen-bond donors (Lipinski definition) is 1. The van der Waals surface area contributed by atoms with Gasteiger partial charge in [0.1, 0.15) is 0 Å². The summed E-state index contributed by atoms with van der Waals surface area (Å²) in [6.07, 6.45) is 3.77. The average Bonchev–Trinajstić information content (AvgIpc) is 1.97. The molecular weight excluding hydrogens is 144 g/mol. The van der Waals surface area contributed by atoms with E-state index in [4.69, 9.17) is 9.84 Å². The van der Waals surface area contributed by atoms with Crippen molar-refractivity contribution in [3.05, 3.63) is 12.3 Å². The molecule has 0 aromatic carbocycles. The van der Waals surface area contributed by atoms with Crippen LogP contribution in [-0.4, -0.2) is 17.2 Å². The van der Waals surface area contributed by atoms with Crippen molar-refractivity contribution in [3.8, 4) is 0 Å². The van der Waals surface area contributed by atoms with Gasteiger partial charge in [0, 0.05) is 0 Å². The lowest BCUT2D eigenvalue weighted by Gasteiger charge is -2.09. The molecule has 0 saturated heterocycles. The zero-order valence-electron chi connectivity index (χ0n) is 6.91. The van der Waals surface area contributed by atoms with Gasteiger partial charge in [-0.25, -0.2) is 4.79 Å². The minimum Gasteiger partial charge on any atom is -0.487 e. The fourth-order valence-corrected chi connectivity index (χ4v) is 0.685. The van der Waals surface area contributed by atoms with E-state index in [9.17, 15) is 4.79 Å². The summed E-state index contributed by atoms with van der Waals surface area (Å²) in [5.74, 6) is -0.898. The number of aliphatic carboxylic acids is 1. The fourth-order valence-electron chi connectivity index (χ4n) is 0.685. The molecule has 0 aromatic rings. The van der Waals surface area contributed by atoms with Crippen LogP contribution in [0.25, 0.3) is 0 Å². The molecule has 1 N–H and O–H groups in total. The third-order valence-electron chi connectivity index (χ3n) is 1.21. The highest BCUT2D eigenvalue weighted by Gasteiger charge is 2.15. The Morgan fingerprint density at radius 2 is 2.36 bits per heavy atom. The standard InChI is InChI=1S/C8H14O3/c1-3-5-7(8(9)10)11-6-4-2/h4,6-7H,3,5H2,1-2H3,(H,9,10). The van der Waals surface area contributed by atoms with Crippen LogP contribution in [0.2, 0.25) is 0 Å². The van der Waals surface area contributed by atoms with Gasteiger partial charge in [-0.15, -0.1) is 0 Å². The van der Waals surface area contributed by atoms with Crippen molar-refractivity contribution in [2.45, 2.75) is 32.8 Å². The van der Waals surface area contributed by atoms with Gasteiger partial charge in [-0.1, -0.05) is 19.4 Å². The summed E-state index contributed by atoms with van der Waals surface area (Å²) in [5, 5.41) is 8.57. The smallest absolute Gasteiger partial charge is 0.344 e. The minimum absolute atomic E-state index is 0.555. The number of ether oxygens (including phenoxy) is 1. The molecule has 0 aromatic heterocycles. The minimum atomic E-state index is -0.898. The van der Waals surface area contributed by atoms with E-state index in [-0.39, 0.29) is 0 Å². The van der Waals surface area contributed by atoms with Gasteiger partial charge in [-0.3, -0.25) is 0 Å². The van der Waals surface area contributed by atoms with E-state index in [1.807, 2.05) is 6.92 Å². The van der Waals surface area contributed by atoms with Crippen LogP contribution in [-0.2, 0) is 9.53 Å². The predicted octanol–water partition coefficient (Wildman–Crippen LogP) is 1.79. The summed E-state index contributed by atoms with van der Waals surface area (Å²) in [5.41, 5.74) is 0. The monoisotopic (exact) mass is 158 g/mol. The molecule has 0 amide bonds. The van der Waals surface area contributed by atoms with Crippen LogP contribution < -0.4 is 0 Å². The van der Waals surface area contributed by atoms with Gasteiger partial charge in [-0.05, 0) is 13.3 Å². The first-order chi connectivity index (χ1) is 5.22. The maximum Gasteiger partial charge on any atom is 0.344 e. The second-order valence-electron chi connectivity index (χ2n) is 2.22. The highest BCUT2D eigenvalue weighted by Crippen LogP contribution is 2.02. The van der Waals surface area contributed by atoms with Gasteiger partial charge in [0.2, 0.25) is 0 Å². The molecule has 64 valence electrons. The Kier molecular flexibility index (Phi) is 5.25. The Balaban J connectivity index is 3.79. The topological polar surface area (TPSA) is 46.5 Å². The van der Waals surface area contributed by atoms with Crippen molar-refractivity contribution in [3.63, 3.8) is 0 Å². The molecule has 0 saturated carbocycles. The molecule has 0 aliphatic heterocycles. The largest absolute Gasteiger partial charge is 0.487 e. The van der Waals surface area contributed by atoms with Crippen molar-refractivity contribution in [2.75, 3.05) is 0 Å². The summed E-state index contributed by atoms with van der Waals surface area (Å²) in [4.78, 5) is 10.4. The lowest BCUT2D eigenvalue weighted by Crippen LogP contribution is -2.21. The summed E-state index contributed by atoms with van der Waals surface area (Å²) >= 11 is 0. The summed E-state index contributed by atoms with van der Waals surface area (Å²) in [6, 6.07) is 0. The SMILES string of the molecule is CC=COC(CCC)C(=O)O. The summed E-state index contributed by atoms with van der Waals surface area (Å²) in [6.45, 7) is 3.71. The molecule has 0 heterocycles. The molecule has 3 nitrogen and oxygen atoms in total. The van der Waals surface area contributed by atoms with Crippen LogP contribution >= 0.6 is 0 Å². The van der Waals surface area contributed by atoms with E-state index in [2.05, 4.69) is 0 Å². The van der Waals surface area contributed by atoms with Crippen LogP contribution in [0.1, 0.15) is 26.7 Å². The third-order valence-corrected chi connectivity index (χ3v) is 1.21. The number of allylic oxidation sites excluding steroid dienone is 1. The molecule has 3 heteroatoms. The molecule has 11 heavy (non-hydrogen) atoms. The van der Waals surface area contributed by atoms with E-state index in [1.165, 1.54) is 6.26 Å². The van der Waals surface area contributed by atoms with Crippen molar-refractivity contribution in [1.82, 2.24) is 0 Å². The van der Waals surface area contributed by atoms with Crippen LogP contribution in [0.5, 0.6) is 0 Å². The number of carboxylic acids is 1. The normalized spacial score (nSPS) is 13.3.